The third-order valence-electron chi connectivity index (χ3n) is 4.95. The van der Waals surface area contributed by atoms with E-state index in [1.54, 1.807) is 0 Å². The Balaban J connectivity index is 1.54. The van der Waals surface area contributed by atoms with Crippen molar-refractivity contribution in [3.05, 3.63) is 24.4 Å². The second kappa shape index (κ2) is 7.94. The first-order valence-corrected chi connectivity index (χ1v) is 8.98. The molecule has 1 aromatic rings. The van der Waals surface area contributed by atoms with E-state index >= 15 is 0 Å². The topological polar surface area (TPSA) is 59.9 Å². The number of hydrogen-bond acceptors (Lipinski definition) is 5. The van der Waals surface area contributed by atoms with Gasteiger partial charge >= 0.3 is 0 Å². The summed E-state index contributed by atoms with van der Waals surface area (Å²) in [6, 6.07) is 5.93. The molecule has 6 nitrogen and oxygen atoms in total. The number of pyridine rings is 1. The number of piperidine rings is 1. The second-order valence-electron chi connectivity index (χ2n) is 6.95. The van der Waals surface area contributed by atoms with Crippen molar-refractivity contribution in [1.82, 2.24) is 14.8 Å². The van der Waals surface area contributed by atoms with Crippen LogP contribution in [0.2, 0.25) is 0 Å². The Labute approximate surface area is 144 Å². The monoisotopic (exact) mass is 332 g/mol. The van der Waals surface area contributed by atoms with Gasteiger partial charge in [0.1, 0.15) is 5.82 Å². The van der Waals surface area contributed by atoms with E-state index in [-0.39, 0.29) is 17.9 Å². The van der Waals surface area contributed by atoms with Gasteiger partial charge in [0.15, 0.2) is 0 Å². The summed E-state index contributed by atoms with van der Waals surface area (Å²) in [5.74, 6) is 1.33. The fourth-order valence-corrected chi connectivity index (χ4v) is 3.71. The normalized spacial score (nSPS) is 24.0. The van der Waals surface area contributed by atoms with Crippen LogP contribution in [0, 0.1) is 5.92 Å². The number of amides is 1. The first-order chi connectivity index (χ1) is 11.6. The Morgan fingerprint density at radius 3 is 2.75 bits per heavy atom. The summed E-state index contributed by atoms with van der Waals surface area (Å²) in [4.78, 5) is 23.8. The lowest BCUT2D eigenvalue weighted by molar-refractivity contribution is -0.137. The van der Waals surface area contributed by atoms with Crippen molar-refractivity contribution < 1.29 is 9.90 Å². The second-order valence-corrected chi connectivity index (χ2v) is 6.95. The molecule has 2 atom stereocenters. The van der Waals surface area contributed by atoms with Crippen LogP contribution < -0.4 is 4.90 Å². The molecule has 3 heterocycles. The van der Waals surface area contributed by atoms with Crippen LogP contribution in [-0.2, 0) is 4.79 Å². The van der Waals surface area contributed by atoms with E-state index in [1.165, 1.54) is 0 Å². The summed E-state index contributed by atoms with van der Waals surface area (Å²) < 4.78 is 0. The van der Waals surface area contributed by atoms with Gasteiger partial charge in [-0.3, -0.25) is 9.69 Å². The van der Waals surface area contributed by atoms with Crippen molar-refractivity contribution >= 4 is 11.7 Å². The Morgan fingerprint density at radius 2 is 2.08 bits per heavy atom. The lowest BCUT2D eigenvalue weighted by atomic mass is 9.96. The number of carbonyl (C=O) groups is 1. The molecule has 2 aliphatic rings. The van der Waals surface area contributed by atoms with Crippen molar-refractivity contribution in [2.24, 2.45) is 5.92 Å². The van der Waals surface area contributed by atoms with Gasteiger partial charge in [-0.2, -0.15) is 0 Å². The minimum atomic E-state index is -0.308. The van der Waals surface area contributed by atoms with Crippen molar-refractivity contribution in [2.45, 2.75) is 25.9 Å². The average molecular weight is 332 g/mol. The predicted octanol–water partition coefficient (Wildman–Crippen LogP) is 0.823. The Kier molecular flexibility index (Phi) is 5.68. The Bertz CT molecular complexity index is 529. The van der Waals surface area contributed by atoms with Gasteiger partial charge in [0.05, 0.1) is 12.0 Å². The molecule has 0 bridgehead atoms. The zero-order valence-corrected chi connectivity index (χ0v) is 14.5. The van der Waals surface area contributed by atoms with E-state index < -0.39 is 0 Å². The average Bonchev–Trinajstić information content (AvgIpc) is 2.62. The summed E-state index contributed by atoms with van der Waals surface area (Å²) >= 11 is 0. The molecule has 0 spiro atoms. The number of aliphatic hydroxyl groups excluding tert-OH is 1. The van der Waals surface area contributed by atoms with E-state index in [4.69, 9.17) is 0 Å². The fourth-order valence-electron chi connectivity index (χ4n) is 3.71. The van der Waals surface area contributed by atoms with Gasteiger partial charge in [0.2, 0.25) is 5.91 Å². The van der Waals surface area contributed by atoms with Crippen LogP contribution in [0.3, 0.4) is 0 Å². The number of rotatable bonds is 4. The highest BCUT2D eigenvalue weighted by Gasteiger charge is 2.31. The Hall–Kier alpha value is -1.66. The smallest absolute Gasteiger partial charge is 0.227 e. The van der Waals surface area contributed by atoms with Gasteiger partial charge < -0.3 is 14.9 Å². The van der Waals surface area contributed by atoms with Gasteiger partial charge in [0, 0.05) is 52.0 Å². The molecule has 1 amide bonds. The lowest BCUT2D eigenvalue weighted by Gasteiger charge is -2.39. The minimum absolute atomic E-state index is 0.0732. The van der Waals surface area contributed by atoms with Crippen LogP contribution in [0.15, 0.2) is 24.4 Å². The van der Waals surface area contributed by atoms with Crippen LogP contribution in [0.1, 0.15) is 19.8 Å². The first-order valence-electron chi connectivity index (χ1n) is 8.98. The number of aromatic nitrogens is 1. The highest BCUT2D eigenvalue weighted by Crippen LogP contribution is 2.23. The summed E-state index contributed by atoms with van der Waals surface area (Å²) in [5.41, 5.74) is 0. The SMILES string of the molecule is C[C@H](O)CN1CCN(C(=O)[C@@H]2CCCN(c3ccccn3)C2)CC1. The maximum absolute atomic E-state index is 12.9. The van der Waals surface area contributed by atoms with Gasteiger partial charge in [-0.25, -0.2) is 4.98 Å². The summed E-state index contributed by atoms with van der Waals surface area (Å²) in [7, 11) is 0. The van der Waals surface area contributed by atoms with Crippen LogP contribution >= 0.6 is 0 Å². The van der Waals surface area contributed by atoms with Crippen molar-refractivity contribution in [1.29, 1.82) is 0 Å². The number of aliphatic hydroxyl groups is 1. The number of nitrogens with zero attached hydrogens (tertiary/aromatic N) is 4. The zero-order chi connectivity index (χ0) is 16.9. The number of β-amino-alcohol motifs (C(OH)–C–C–N with tert-alkyl or cyclic N) is 1. The molecular weight excluding hydrogens is 304 g/mol. The number of hydrogen-bond donors (Lipinski definition) is 1. The Morgan fingerprint density at radius 1 is 1.29 bits per heavy atom. The molecule has 0 aliphatic carbocycles. The molecule has 2 saturated heterocycles. The quantitative estimate of drug-likeness (QED) is 0.885. The van der Waals surface area contributed by atoms with E-state index in [0.717, 1.165) is 57.9 Å². The molecule has 6 heteroatoms. The molecule has 132 valence electrons. The fraction of sp³-hybridized carbons (Fsp3) is 0.667. The van der Waals surface area contributed by atoms with Crippen LogP contribution in [0.4, 0.5) is 5.82 Å². The van der Waals surface area contributed by atoms with Gasteiger partial charge in [-0.1, -0.05) is 6.07 Å². The summed E-state index contributed by atoms with van der Waals surface area (Å²) in [6.45, 7) is 7.50. The highest BCUT2D eigenvalue weighted by atomic mass is 16.3. The lowest BCUT2D eigenvalue weighted by Crippen LogP contribution is -2.53. The molecule has 0 unspecified atom stereocenters. The third kappa shape index (κ3) is 4.24. The van der Waals surface area contributed by atoms with Gasteiger partial charge in [-0.15, -0.1) is 0 Å². The van der Waals surface area contributed by atoms with E-state index in [2.05, 4.69) is 14.8 Å². The number of anilines is 1. The standard InChI is InChI=1S/C18H28N4O2/c1-15(23)13-20-9-11-21(12-10-20)18(24)16-5-4-8-22(14-16)17-6-2-3-7-19-17/h2-3,6-7,15-16,23H,4-5,8-14H2,1H3/t15-,16+/m0/s1. The third-order valence-corrected chi connectivity index (χ3v) is 4.95. The van der Waals surface area contributed by atoms with Crippen molar-refractivity contribution in [2.75, 3.05) is 50.7 Å². The largest absolute Gasteiger partial charge is 0.392 e. The van der Waals surface area contributed by atoms with Crippen molar-refractivity contribution in [3.63, 3.8) is 0 Å². The molecule has 2 aliphatic heterocycles. The minimum Gasteiger partial charge on any atom is -0.392 e. The highest BCUT2D eigenvalue weighted by molar-refractivity contribution is 5.80. The molecule has 3 rings (SSSR count). The molecular formula is C18H28N4O2. The first kappa shape index (κ1) is 17.2. The van der Waals surface area contributed by atoms with Crippen LogP contribution in [0.5, 0.6) is 0 Å². The zero-order valence-electron chi connectivity index (χ0n) is 14.5. The number of carbonyl (C=O) groups excluding carboxylic acids is 1. The molecule has 24 heavy (non-hydrogen) atoms. The molecule has 0 aromatic carbocycles. The van der Waals surface area contributed by atoms with E-state index in [9.17, 15) is 9.90 Å². The molecule has 1 N–H and O–H groups in total. The van der Waals surface area contributed by atoms with Crippen LogP contribution in [-0.4, -0.2) is 77.7 Å². The molecule has 1 aromatic heterocycles. The van der Waals surface area contributed by atoms with E-state index in [1.807, 2.05) is 36.2 Å². The van der Waals surface area contributed by atoms with Crippen LogP contribution in [0.25, 0.3) is 0 Å². The summed E-state index contributed by atoms with van der Waals surface area (Å²) in [5, 5.41) is 9.49. The maximum Gasteiger partial charge on any atom is 0.227 e. The van der Waals surface area contributed by atoms with Crippen molar-refractivity contribution in [3.8, 4) is 0 Å². The molecule has 2 fully saturated rings. The van der Waals surface area contributed by atoms with E-state index in [0.29, 0.717) is 6.54 Å². The van der Waals surface area contributed by atoms with Gasteiger partial charge in [-0.05, 0) is 31.9 Å². The maximum atomic E-state index is 12.9. The predicted molar refractivity (Wildman–Crippen MR) is 93.9 cm³/mol. The summed E-state index contributed by atoms with van der Waals surface area (Å²) in [6.07, 6.45) is 3.50. The van der Waals surface area contributed by atoms with Gasteiger partial charge in [0.25, 0.3) is 0 Å². The number of piperazine rings is 1. The molecule has 0 saturated carbocycles. The molecule has 0 radical (unpaired) electrons.